The number of rotatable bonds is 6. The highest BCUT2D eigenvalue weighted by Gasteiger charge is 2.17. The van der Waals surface area contributed by atoms with Gasteiger partial charge in [0.25, 0.3) is 0 Å². The fraction of sp³-hybridized carbons (Fsp3) is 0. The fourth-order valence-electron chi connectivity index (χ4n) is 8.08. The van der Waals surface area contributed by atoms with Crippen LogP contribution in [0.5, 0.6) is 0 Å². The summed E-state index contributed by atoms with van der Waals surface area (Å²) in [4.78, 5) is 15.1. The van der Waals surface area contributed by atoms with Gasteiger partial charge in [-0.3, -0.25) is 0 Å². The van der Waals surface area contributed by atoms with Crippen LogP contribution < -0.4 is 0 Å². The summed E-state index contributed by atoms with van der Waals surface area (Å²) in [7, 11) is 0. The van der Waals surface area contributed by atoms with Crippen molar-refractivity contribution in [2.24, 2.45) is 0 Å². The molecule has 4 nitrogen and oxygen atoms in total. The van der Waals surface area contributed by atoms with Crippen molar-refractivity contribution in [2.75, 3.05) is 0 Å². The van der Waals surface area contributed by atoms with Gasteiger partial charge in [0.1, 0.15) is 0 Å². The molecule has 266 valence electrons. The molecule has 57 heavy (non-hydrogen) atoms. The molecule has 9 aromatic carbocycles. The van der Waals surface area contributed by atoms with E-state index < -0.39 is 0 Å². The molecule has 0 saturated carbocycles. The average Bonchev–Trinajstić information content (AvgIpc) is 3.61. The Hall–Kier alpha value is -7.69. The van der Waals surface area contributed by atoms with Gasteiger partial charge in [-0.15, -0.1) is 0 Å². The molecule has 0 amide bonds. The van der Waals surface area contributed by atoms with Gasteiger partial charge in [-0.25, -0.2) is 15.0 Å². The van der Waals surface area contributed by atoms with Crippen LogP contribution in [0.2, 0.25) is 0 Å². The summed E-state index contributed by atoms with van der Waals surface area (Å²) in [5, 5.41) is 7.36. The molecule has 0 spiro atoms. The van der Waals surface area contributed by atoms with Gasteiger partial charge >= 0.3 is 0 Å². The fourth-order valence-corrected chi connectivity index (χ4v) is 8.08. The maximum absolute atomic E-state index is 5.08. The van der Waals surface area contributed by atoms with Crippen molar-refractivity contribution < 1.29 is 0 Å². The van der Waals surface area contributed by atoms with Gasteiger partial charge < -0.3 is 4.57 Å². The molecule has 0 unspecified atom stereocenters. The van der Waals surface area contributed by atoms with Crippen molar-refractivity contribution >= 4 is 43.4 Å². The number of aromatic nitrogens is 4. The first kappa shape index (κ1) is 32.7. The molecule has 0 radical (unpaired) electrons. The van der Waals surface area contributed by atoms with E-state index in [0.717, 1.165) is 33.5 Å². The van der Waals surface area contributed by atoms with E-state index in [1.807, 2.05) is 30.3 Å². The van der Waals surface area contributed by atoms with Crippen LogP contribution in [0.4, 0.5) is 0 Å². The van der Waals surface area contributed by atoms with Gasteiger partial charge in [0.05, 0.1) is 11.0 Å². The highest BCUT2D eigenvalue weighted by Crippen LogP contribution is 2.38. The van der Waals surface area contributed by atoms with Crippen molar-refractivity contribution in [1.29, 1.82) is 0 Å². The van der Waals surface area contributed by atoms with Gasteiger partial charge in [-0.05, 0) is 98.4 Å². The second-order valence-corrected chi connectivity index (χ2v) is 14.5. The number of nitrogens with zero attached hydrogens (tertiary/aromatic N) is 4. The van der Waals surface area contributed by atoms with Crippen LogP contribution in [-0.2, 0) is 0 Å². The van der Waals surface area contributed by atoms with Crippen molar-refractivity contribution in [3.63, 3.8) is 0 Å². The lowest BCUT2D eigenvalue weighted by molar-refractivity contribution is 1.07. The molecule has 2 aromatic heterocycles. The average molecular weight is 727 g/mol. The monoisotopic (exact) mass is 726 g/mol. The van der Waals surface area contributed by atoms with Crippen LogP contribution in [0.3, 0.4) is 0 Å². The third-order valence-corrected chi connectivity index (χ3v) is 11.0. The van der Waals surface area contributed by atoms with Gasteiger partial charge in [-0.2, -0.15) is 0 Å². The number of hydrogen-bond donors (Lipinski definition) is 0. The maximum Gasteiger partial charge on any atom is 0.164 e. The molecule has 0 aliphatic heterocycles. The van der Waals surface area contributed by atoms with Crippen LogP contribution in [0, 0.1) is 0 Å². The first-order valence-corrected chi connectivity index (χ1v) is 19.3. The third-order valence-electron chi connectivity index (χ3n) is 11.0. The lowest BCUT2D eigenvalue weighted by atomic mass is 10.00. The zero-order chi connectivity index (χ0) is 37.7. The Morgan fingerprint density at radius 3 is 1.33 bits per heavy atom. The lowest BCUT2D eigenvalue weighted by Gasteiger charge is -2.11. The summed E-state index contributed by atoms with van der Waals surface area (Å²) >= 11 is 0. The summed E-state index contributed by atoms with van der Waals surface area (Å²) < 4.78 is 2.38. The van der Waals surface area contributed by atoms with Crippen molar-refractivity contribution in [3.8, 4) is 62.1 Å². The Balaban J connectivity index is 1.01. The minimum absolute atomic E-state index is 0.629. The maximum atomic E-state index is 5.08. The van der Waals surface area contributed by atoms with Crippen molar-refractivity contribution in [1.82, 2.24) is 19.5 Å². The minimum atomic E-state index is 0.629. The SMILES string of the molecule is c1ccc(-c2ccc3c(c2)c2cc4ccccc4cc2n3-c2ccc(-c3nc(-c4ccccc4)nc(-c4ccc(-c5ccc6ccccc6c5)cc4)n3)cc2)cc1. The van der Waals surface area contributed by atoms with Crippen LogP contribution in [0.1, 0.15) is 0 Å². The first-order valence-electron chi connectivity index (χ1n) is 19.3. The van der Waals surface area contributed by atoms with E-state index in [1.165, 1.54) is 54.5 Å². The molecule has 0 bridgehead atoms. The Kier molecular flexibility index (Phi) is 7.78. The van der Waals surface area contributed by atoms with Crippen molar-refractivity contribution in [3.05, 3.63) is 206 Å². The molecular formula is C53H34N4. The summed E-state index contributed by atoms with van der Waals surface area (Å²) in [6.07, 6.45) is 0. The van der Waals surface area contributed by atoms with E-state index in [-0.39, 0.29) is 0 Å². The summed E-state index contributed by atoms with van der Waals surface area (Å²) in [5.41, 5.74) is 10.9. The molecule has 0 atom stereocenters. The summed E-state index contributed by atoms with van der Waals surface area (Å²) in [6.45, 7) is 0. The Morgan fingerprint density at radius 1 is 0.263 bits per heavy atom. The molecule has 2 heterocycles. The van der Waals surface area contributed by atoms with Crippen LogP contribution >= 0.6 is 0 Å². The Bertz CT molecular complexity index is 3260. The topological polar surface area (TPSA) is 43.6 Å². The second kappa shape index (κ2) is 13.6. The van der Waals surface area contributed by atoms with Crippen molar-refractivity contribution in [2.45, 2.75) is 0 Å². The van der Waals surface area contributed by atoms with E-state index >= 15 is 0 Å². The normalized spacial score (nSPS) is 11.5. The highest BCUT2D eigenvalue weighted by atomic mass is 15.0. The smallest absolute Gasteiger partial charge is 0.164 e. The molecule has 0 aliphatic carbocycles. The standard InChI is InChI=1S/C53H34N4/c1-3-11-35(12-4-1)45-27-30-49-47(33-45)48-32-42-17-9-10-18-43(42)34-50(48)57(49)46-28-25-40(26-29-46)53-55-51(38-14-5-2-6-15-38)54-52(56-53)39-22-19-37(20-23-39)44-24-21-36-13-7-8-16-41(36)31-44/h1-34H. The third kappa shape index (κ3) is 5.92. The number of hydrogen-bond acceptors (Lipinski definition) is 3. The molecule has 11 aromatic rings. The van der Waals surface area contributed by atoms with Gasteiger partial charge in [-0.1, -0.05) is 152 Å². The summed E-state index contributed by atoms with van der Waals surface area (Å²) in [6, 6.07) is 73.0. The molecule has 11 rings (SSSR count). The van der Waals surface area contributed by atoms with Crippen LogP contribution in [0.15, 0.2) is 206 Å². The molecular weight excluding hydrogens is 693 g/mol. The Morgan fingerprint density at radius 2 is 0.684 bits per heavy atom. The van der Waals surface area contributed by atoms with E-state index in [2.05, 4.69) is 180 Å². The molecule has 0 saturated heterocycles. The van der Waals surface area contributed by atoms with Gasteiger partial charge in [0.15, 0.2) is 17.5 Å². The molecule has 0 aliphatic rings. The number of benzene rings is 9. The zero-order valence-corrected chi connectivity index (χ0v) is 30.9. The quantitative estimate of drug-likeness (QED) is 0.171. The van der Waals surface area contributed by atoms with Gasteiger partial charge in [0.2, 0.25) is 0 Å². The second-order valence-electron chi connectivity index (χ2n) is 14.5. The predicted molar refractivity (Wildman–Crippen MR) is 236 cm³/mol. The van der Waals surface area contributed by atoms with E-state index in [4.69, 9.17) is 15.0 Å². The highest BCUT2D eigenvalue weighted by molar-refractivity contribution is 6.14. The predicted octanol–water partition coefficient (Wildman–Crippen LogP) is 13.6. The van der Waals surface area contributed by atoms with E-state index in [0.29, 0.717) is 17.5 Å². The zero-order valence-electron chi connectivity index (χ0n) is 30.9. The lowest BCUT2D eigenvalue weighted by Crippen LogP contribution is -2.00. The molecule has 4 heteroatoms. The van der Waals surface area contributed by atoms with Crippen LogP contribution in [0.25, 0.3) is 105 Å². The minimum Gasteiger partial charge on any atom is -0.309 e. The molecule has 0 N–H and O–H groups in total. The summed E-state index contributed by atoms with van der Waals surface area (Å²) in [5.74, 6) is 1.91. The first-order chi connectivity index (χ1) is 28.2. The Labute approximate surface area is 330 Å². The van der Waals surface area contributed by atoms with E-state index in [1.54, 1.807) is 0 Å². The van der Waals surface area contributed by atoms with Crippen LogP contribution in [-0.4, -0.2) is 19.5 Å². The molecule has 0 fully saturated rings. The van der Waals surface area contributed by atoms with Gasteiger partial charge in [0, 0.05) is 33.2 Å². The van der Waals surface area contributed by atoms with E-state index in [9.17, 15) is 0 Å². The largest absolute Gasteiger partial charge is 0.309 e. The number of fused-ring (bicyclic) bond motifs is 5.